The molecule has 0 saturated carbocycles. The minimum absolute atomic E-state index is 0.0161. The third kappa shape index (κ3) is 3.90. The molecule has 21 heavy (non-hydrogen) atoms. The van der Waals surface area contributed by atoms with Gasteiger partial charge >= 0.3 is 5.97 Å². The number of hydrogen-bond acceptors (Lipinski definition) is 4. The SMILES string of the molecule is CC(C)CCCCNc1c(C(=O)O)nnc2ccccc12. The summed E-state index contributed by atoms with van der Waals surface area (Å²) in [5, 5.41) is 21.1. The summed E-state index contributed by atoms with van der Waals surface area (Å²) >= 11 is 0. The molecule has 0 radical (unpaired) electrons. The third-order valence-electron chi connectivity index (χ3n) is 3.38. The number of hydrogen-bond donors (Lipinski definition) is 2. The molecule has 0 aliphatic rings. The van der Waals surface area contributed by atoms with Gasteiger partial charge in [-0.15, -0.1) is 10.2 Å². The molecular formula is C16H21N3O2. The summed E-state index contributed by atoms with van der Waals surface area (Å²) in [4.78, 5) is 11.3. The lowest BCUT2D eigenvalue weighted by atomic mass is 10.1. The van der Waals surface area contributed by atoms with Crippen LogP contribution < -0.4 is 5.32 Å². The lowest BCUT2D eigenvalue weighted by Gasteiger charge is -2.11. The van der Waals surface area contributed by atoms with Crippen molar-refractivity contribution in [3.63, 3.8) is 0 Å². The number of benzene rings is 1. The molecule has 1 aromatic carbocycles. The van der Waals surface area contributed by atoms with Gasteiger partial charge in [-0.25, -0.2) is 4.79 Å². The molecule has 1 aromatic heterocycles. The Balaban J connectivity index is 2.16. The second kappa shape index (κ2) is 7.02. The number of carbonyl (C=O) groups is 1. The van der Waals surface area contributed by atoms with Crippen molar-refractivity contribution in [2.75, 3.05) is 11.9 Å². The van der Waals surface area contributed by atoms with Crippen LogP contribution in [0.3, 0.4) is 0 Å². The van der Waals surface area contributed by atoms with Crippen molar-refractivity contribution in [3.05, 3.63) is 30.0 Å². The van der Waals surface area contributed by atoms with Crippen molar-refractivity contribution >= 4 is 22.6 Å². The highest BCUT2D eigenvalue weighted by atomic mass is 16.4. The first-order chi connectivity index (χ1) is 10.1. The van der Waals surface area contributed by atoms with E-state index in [4.69, 9.17) is 0 Å². The van der Waals surface area contributed by atoms with Crippen LogP contribution in [-0.2, 0) is 0 Å². The molecule has 2 N–H and O–H groups in total. The predicted molar refractivity (Wildman–Crippen MR) is 83.7 cm³/mol. The van der Waals surface area contributed by atoms with E-state index in [2.05, 4.69) is 29.4 Å². The van der Waals surface area contributed by atoms with E-state index in [1.54, 1.807) is 0 Å². The van der Waals surface area contributed by atoms with Crippen LogP contribution in [0.5, 0.6) is 0 Å². The number of anilines is 1. The zero-order chi connectivity index (χ0) is 15.2. The molecule has 0 atom stereocenters. The minimum Gasteiger partial charge on any atom is -0.476 e. The summed E-state index contributed by atoms with van der Waals surface area (Å²) in [6.45, 7) is 5.15. The van der Waals surface area contributed by atoms with Crippen LogP contribution in [0, 0.1) is 5.92 Å². The monoisotopic (exact) mass is 287 g/mol. The molecule has 5 nitrogen and oxygen atoms in total. The van der Waals surface area contributed by atoms with E-state index in [1.807, 2.05) is 24.3 Å². The molecule has 0 bridgehead atoms. The Bertz CT molecular complexity index is 626. The number of rotatable bonds is 7. The highest BCUT2D eigenvalue weighted by Gasteiger charge is 2.15. The molecule has 2 aromatic rings. The van der Waals surface area contributed by atoms with Crippen molar-refractivity contribution in [3.8, 4) is 0 Å². The summed E-state index contributed by atoms with van der Waals surface area (Å²) < 4.78 is 0. The third-order valence-corrected chi connectivity index (χ3v) is 3.38. The number of nitrogens with zero attached hydrogens (tertiary/aromatic N) is 2. The Morgan fingerprint density at radius 3 is 2.71 bits per heavy atom. The fourth-order valence-corrected chi connectivity index (χ4v) is 2.27. The summed E-state index contributed by atoms with van der Waals surface area (Å²) in [5.41, 5.74) is 1.25. The van der Waals surface area contributed by atoms with E-state index in [1.165, 1.54) is 6.42 Å². The molecule has 0 aliphatic heterocycles. The van der Waals surface area contributed by atoms with Crippen molar-refractivity contribution in [2.45, 2.75) is 33.1 Å². The van der Waals surface area contributed by atoms with Gasteiger partial charge in [0.15, 0.2) is 5.69 Å². The second-order valence-electron chi connectivity index (χ2n) is 5.56. The smallest absolute Gasteiger partial charge is 0.358 e. The standard InChI is InChI=1S/C16H21N3O2/c1-11(2)7-5-6-10-17-14-12-8-3-4-9-13(12)18-19-15(14)16(20)21/h3-4,8-9,11H,5-7,10H2,1-2H3,(H,17,18)(H,20,21). The molecule has 1 heterocycles. The van der Waals surface area contributed by atoms with E-state index in [-0.39, 0.29) is 5.69 Å². The number of unbranched alkanes of at least 4 members (excludes halogenated alkanes) is 1. The van der Waals surface area contributed by atoms with Gasteiger partial charge in [-0.2, -0.15) is 0 Å². The zero-order valence-corrected chi connectivity index (χ0v) is 12.5. The minimum atomic E-state index is -1.06. The topological polar surface area (TPSA) is 75.1 Å². The Kier molecular flexibility index (Phi) is 5.09. The average Bonchev–Trinajstić information content (AvgIpc) is 2.46. The van der Waals surface area contributed by atoms with Gasteiger partial charge in [-0.1, -0.05) is 44.9 Å². The van der Waals surface area contributed by atoms with Crippen LogP contribution in [0.15, 0.2) is 24.3 Å². The average molecular weight is 287 g/mol. The van der Waals surface area contributed by atoms with Gasteiger partial charge in [-0.3, -0.25) is 0 Å². The highest BCUT2D eigenvalue weighted by Crippen LogP contribution is 2.24. The van der Waals surface area contributed by atoms with Crippen LogP contribution in [0.25, 0.3) is 10.9 Å². The summed E-state index contributed by atoms with van der Waals surface area (Å²) in [7, 11) is 0. The lowest BCUT2D eigenvalue weighted by molar-refractivity contribution is 0.0690. The maximum Gasteiger partial charge on any atom is 0.358 e. The van der Waals surface area contributed by atoms with E-state index in [0.29, 0.717) is 17.1 Å². The molecule has 112 valence electrons. The summed E-state index contributed by atoms with van der Waals surface area (Å²) in [6.07, 6.45) is 3.32. The number of carboxylic acid groups (broad SMARTS) is 1. The van der Waals surface area contributed by atoms with Crippen LogP contribution in [-0.4, -0.2) is 27.8 Å². The number of carboxylic acids is 1. The van der Waals surface area contributed by atoms with Gasteiger partial charge in [0.2, 0.25) is 0 Å². The Morgan fingerprint density at radius 2 is 2.00 bits per heavy atom. The normalized spacial score (nSPS) is 11.0. The quantitative estimate of drug-likeness (QED) is 0.761. The van der Waals surface area contributed by atoms with Gasteiger partial charge in [0.05, 0.1) is 11.2 Å². The number of nitrogens with one attached hydrogen (secondary N) is 1. The van der Waals surface area contributed by atoms with Crippen LogP contribution in [0.2, 0.25) is 0 Å². The van der Waals surface area contributed by atoms with Crippen molar-refractivity contribution < 1.29 is 9.90 Å². The first-order valence-corrected chi connectivity index (χ1v) is 7.32. The summed E-state index contributed by atoms with van der Waals surface area (Å²) in [6, 6.07) is 7.44. The molecule has 0 unspecified atom stereocenters. The fourth-order valence-electron chi connectivity index (χ4n) is 2.27. The van der Waals surface area contributed by atoms with Crippen LogP contribution in [0.1, 0.15) is 43.6 Å². The van der Waals surface area contributed by atoms with Gasteiger partial charge in [0, 0.05) is 11.9 Å². The zero-order valence-electron chi connectivity index (χ0n) is 12.5. The molecule has 0 fully saturated rings. The first kappa shape index (κ1) is 15.2. The van der Waals surface area contributed by atoms with E-state index in [0.717, 1.165) is 24.8 Å². The van der Waals surface area contributed by atoms with Gasteiger partial charge in [0.1, 0.15) is 0 Å². The predicted octanol–water partition coefficient (Wildman–Crippen LogP) is 3.57. The maximum atomic E-state index is 11.3. The molecular weight excluding hydrogens is 266 g/mol. The molecule has 0 spiro atoms. The van der Waals surface area contributed by atoms with Gasteiger partial charge in [0.25, 0.3) is 0 Å². The summed E-state index contributed by atoms with van der Waals surface area (Å²) in [5.74, 6) is -0.360. The van der Waals surface area contributed by atoms with Crippen molar-refractivity contribution in [1.29, 1.82) is 0 Å². The van der Waals surface area contributed by atoms with Crippen molar-refractivity contribution in [1.82, 2.24) is 10.2 Å². The lowest BCUT2D eigenvalue weighted by Crippen LogP contribution is -2.11. The Morgan fingerprint density at radius 1 is 1.24 bits per heavy atom. The van der Waals surface area contributed by atoms with Crippen LogP contribution >= 0.6 is 0 Å². The molecule has 0 aliphatic carbocycles. The van der Waals surface area contributed by atoms with Gasteiger partial charge in [-0.05, 0) is 18.4 Å². The molecule has 2 rings (SSSR count). The highest BCUT2D eigenvalue weighted by molar-refractivity contribution is 6.02. The maximum absolute atomic E-state index is 11.3. The fraction of sp³-hybridized carbons (Fsp3) is 0.438. The Labute approximate surface area is 124 Å². The van der Waals surface area contributed by atoms with Crippen molar-refractivity contribution in [2.24, 2.45) is 5.92 Å². The van der Waals surface area contributed by atoms with Crippen LogP contribution in [0.4, 0.5) is 5.69 Å². The number of aromatic nitrogens is 2. The van der Waals surface area contributed by atoms with Gasteiger partial charge < -0.3 is 10.4 Å². The van der Waals surface area contributed by atoms with E-state index >= 15 is 0 Å². The van der Waals surface area contributed by atoms with E-state index in [9.17, 15) is 9.90 Å². The molecule has 5 heteroatoms. The first-order valence-electron chi connectivity index (χ1n) is 7.32. The van der Waals surface area contributed by atoms with E-state index < -0.39 is 5.97 Å². The molecule has 0 amide bonds. The largest absolute Gasteiger partial charge is 0.476 e. The second-order valence-corrected chi connectivity index (χ2v) is 5.56. The number of fused-ring (bicyclic) bond motifs is 1. The number of aromatic carboxylic acids is 1. The Hall–Kier alpha value is -2.17. The molecule has 0 saturated heterocycles.